The van der Waals surface area contributed by atoms with Crippen LogP contribution in [-0.2, 0) is 11.3 Å². The second-order valence-corrected chi connectivity index (χ2v) is 6.18. The molecule has 18 heavy (non-hydrogen) atoms. The molecule has 0 saturated carbocycles. The van der Waals surface area contributed by atoms with E-state index in [2.05, 4.69) is 22.1 Å². The van der Waals surface area contributed by atoms with E-state index in [-0.39, 0.29) is 0 Å². The lowest BCUT2D eigenvalue weighted by atomic mass is 10.2. The standard InChI is InChI=1S/C13H21N3OS/c1-10-13(18-9-15-10)6-14-5-12-7-16-4-2-3-11(16)8-17-12/h9,11-12,14H,2-8H2,1H3. The first-order valence-electron chi connectivity index (χ1n) is 6.78. The van der Waals surface area contributed by atoms with Crippen LogP contribution in [-0.4, -0.2) is 48.3 Å². The summed E-state index contributed by atoms with van der Waals surface area (Å²) in [6, 6.07) is 0.699. The smallest absolute Gasteiger partial charge is 0.0827 e. The van der Waals surface area contributed by atoms with E-state index in [1.54, 1.807) is 11.3 Å². The summed E-state index contributed by atoms with van der Waals surface area (Å²) in [6.45, 7) is 7.21. The molecule has 0 spiro atoms. The molecule has 2 aliphatic heterocycles. The van der Waals surface area contributed by atoms with Crippen molar-refractivity contribution in [3.63, 3.8) is 0 Å². The van der Waals surface area contributed by atoms with Gasteiger partial charge in [0.25, 0.3) is 0 Å². The molecule has 2 fully saturated rings. The highest BCUT2D eigenvalue weighted by Crippen LogP contribution is 2.22. The third kappa shape index (κ3) is 2.74. The van der Waals surface area contributed by atoms with Gasteiger partial charge < -0.3 is 10.1 Å². The van der Waals surface area contributed by atoms with Crippen LogP contribution in [0.25, 0.3) is 0 Å². The van der Waals surface area contributed by atoms with Crippen molar-refractivity contribution in [2.75, 3.05) is 26.2 Å². The van der Waals surface area contributed by atoms with Gasteiger partial charge in [-0.2, -0.15) is 0 Å². The second-order valence-electron chi connectivity index (χ2n) is 5.24. The average molecular weight is 267 g/mol. The van der Waals surface area contributed by atoms with Gasteiger partial charge in [-0.05, 0) is 26.3 Å². The average Bonchev–Trinajstić information content (AvgIpc) is 2.98. The highest BCUT2D eigenvalue weighted by Gasteiger charge is 2.31. The van der Waals surface area contributed by atoms with E-state index in [4.69, 9.17) is 4.74 Å². The zero-order valence-electron chi connectivity index (χ0n) is 10.9. The van der Waals surface area contributed by atoms with E-state index in [9.17, 15) is 0 Å². The number of nitrogens with zero attached hydrogens (tertiary/aromatic N) is 2. The van der Waals surface area contributed by atoms with Gasteiger partial charge in [-0.1, -0.05) is 0 Å². The normalized spacial score (nSPS) is 28.5. The van der Waals surface area contributed by atoms with Gasteiger partial charge in [-0.3, -0.25) is 4.90 Å². The van der Waals surface area contributed by atoms with Crippen molar-refractivity contribution >= 4 is 11.3 Å². The molecule has 3 heterocycles. The minimum absolute atomic E-state index is 0.354. The second kappa shape index (κ2) is 5.65. The summed E-state index contributed by atoms with van der Waals surface area (Å²) in [5.74, 6) is 0. The Morgan fingerprint density at radius 3 is 3.39 bits per heavy atom. The molecule has 5 heteroatoms. The summed E-state index contributed by atoms with van der Waals surface area (Å²) >= 11 is 1.73. The molecule has 0 aromatic carbocycles. The van der Waals surface area contributed by atoms with Crippen LogP contribution in [0.3, 0.4) is 0 Å². The third-order valence-corrected chi connectivity index (χ3v) is 4.90. The Hall–Kier alpha value is -0.490. The van der Waals surface area contributed by atoms with E-state index < -0.39 is 0 Å². The zero-order chi connectivity index (χ0) is 12.4. The van der Waals surface area contributed by atoms with Gasteiger partial charge >= 0.3 is 0 Å². The van der Waals surface area contributed by atoms with E-state index in [1.165, 1.54) is 24.3 Å². The van der Waals surface area contributed by atoms with Crippen LogP contribution in [0.5, 0.6) is 0 Å². The molecule has 0 amide bonds. The van der Waals surface area contributed by atoms with Crippen molar-refractivity contribution in [2.45, 2.75) is 38.5 Å². The van der Waals surface area contributed by atoms with Gasteiger partial charge in [-0.25, -0.2) is 4.98 Å². The lowest BCUT2D eigenvalue weighted by Crippen LogP contribution is -2.49. The number of ether oxygens (including phenoxy) is 1. The van der Waals surface area contributed by atoms with Crippen LogP contribution in [0.4, 0.5) is 0 Å². The van der Waals surface area contributed by atoms with Gasteiger partial charge in [0.05, 0.1) is 23.9 Å². The molecular weight excluding hydrogens is 246 g/mol. The number of rotatable bonds is 4. The van der Waals surface area contributed by atoms with E-state index in [0.29, 0.717) is 12.1 Å². The summed E-state index contributed by atoms with van der Waals surface area (Å²) in [5, 5.41) is 3.50. The largest absolute Gasteiger partial charge is 0.374 e. The number of aromatic nitrogens is 1. The van der Waals surface area contributed by atoms with Crippen LogP contribution >= 0.6 is 11.3 Å². The molecule has 1 N–H and O–H groups in total. The fraction of sp³-hybridized carbons (Fsp3) is 0.769. The molecule has 1 aromatic rings. The van der Waals surface area contributed by atoms with Crippen LogP contribution in [0.1, 0.15) is 23.4 Å². The maximum absolute atomic E-state index is 5.93. The fourth-order valence-electron chi connectivity index (χ4n) is 2.85. The quantitative estimate of drug-likeness (QED) is 0.895. The Labute approximate surface area is 112 Å². The molecule has 2 aliphatic rings. The van der Waals surface area contributed by atoms with Crippen molar-refractivity contribution in [3.05, 3.63) is 16.1 Å². The van der Waals surface area contributed by atoms with Crippen molar-refractivity contribution in [1.29, 1.82) is 0 Å². The topological polar surface area (TPSA) is 37.4 Å². The maximum atomic E-state index is 5.93. The number of nitrogens with one attached hydrogen (secondary N) is 1. The predicted molar refractivity (Wildman–Crippen MR) is 72.9 cm³/mol. The van der Waals surface area contributed by atoms with Crippen LogP contribution in [0.15, 0.2) is 5.51 Å². The lowest BCUT2D eigenvalue weighted by molar-refractivity contribution is -0.0470. The highest BCUT2D eigenvalue weighted by molar-refractivity contribution is 7.09. The van der Waals surface area contributed by atoms with E-state index in [1.807, 2.05) is 5.51 Å². The van der Waals surface area contributed by atoms with E-state index in [0.717, 1.165) is 31.9 Å². The Morgan fingerprint density at radius 2 is 2.56 bits per heavy atom. The Morgan fingerprint density at radius 1 is 1.61 bits per heavy atom. The SMILES string of the molecule is Cc1ncsc1CNCC1CN2CCCC2CO1. The first kappa shape index (κ1) is 12.5. The number of morpholine rings is 1. The molecule has 0 aliphatic carbocycles. The molecule has 2 saturated heterocycles. The summed E-state index contributed by atoms with van der Waals surface area (Å²) in [4.78, 5) is 8.19. The molecule has 1 aromatic heterocycles. The Balaban J connectivity index is 1.42. The van der Waals surface area contributed by atoms with Gasteiger partial charge in [0.1, 0.15) is 0 Å². The fourth-order valence-corrected chi connectivity index (χ4v) is 3.60. The highest BCUT2D eigenvalue weighted by atomic mass is 32.1. The van der Waals surface area contributed by atoms with Crippen LogP contribution < -0.4 is 5.32 Å². The number of hydrogen-bond donors (Lipinski definition) is 1. The summed E-state index contributed by atoms with van der Waals surface area (Å²) < 4.78 is 5.93. The summed E-state index contributed by atoms with van der Waals surface area (Å²) in [5.41, 5.74) is 3.06. The van der Waals surface area contributed by atoms with Gasteiger partial charge in [0, 0.05) is 30.6 Å². The van der Waals surface area contributed by atoms with Crippen molar-refractivity contribution in [2.24, 2.45) is 0 Å². The monoisotopic (exact) mass is 267 g/mol. The Kier molecular flexibility index (Phi) is 3.94. The molecule has 100 valence electrons. The first-order valence-corrected chi connectivity index (χ1v) is 7.66. The van der Waals surface area contributed by atoms with Crippen molar-refractivity contribution in [1.82, 2.24) is 15.2 Å². The number of aryl methyl sites for hydroxylation is 1. The number of thiazole rings is 1. The maximum Gasteiger partial charge on any atom is 0.0827 e. The van der Waals surface area contributed by atoms with E-state index >= 15 is 0 Å². The molecule has 2 atom stereocenters. The third-order valence-electron chi connectivity index (χ3n) is 3.96. The molecule has 2 unspecified atom stereocenters. The number of fused-ring (bicyclic) bond motifs is 1. The van der Waals surface area contributed by atoms with Crippen molar-refractivity contribution < 1.29 is 4.74 Å². The molecule has 3 rings (SSSR count). The molecule has 0 radical (unpaired) electrons. The number of hydrogen-bond acceptors (Lipinski definition) is 5. The summed E-state index contributed by atoms with van der Waals surface area (Å²) in [6.07, 6.45) is 3.02. The molecule has 0 bridgehead atoms. The first-order chi connectivity index (χ1) is 8.83. The van der Waals surface area contributed by atoms with Gasteiger partial charge in [0.2, 0.25) is 0 Å². The molecular formula is C13H21N3OS. The Bertz CT molecular complexity index is 395. The minimum atomic E-state index is 0.354. The van der Waals surface area contributed by atoms with Gasteiger partial charge in [0.15, 0.2) is 0 Å². The van der Waals surface area contributed by atoms with Crippen LogP contribution in [0.2, 0.25) is 0 Å². The summed E-state index contributed by atoms with van der Waals surface area (Å²) in [7, 11) is 0. The van der Waals surface area contributed by atoms with Crippen molar-refractivity contribution in [3.8, 4) is 0 Å². The minimum Gasteiger partial charge on any atom is -0.374 e. The lowest BCUT2D eigenvalue weighted by Gasteiger charge is -2.35. The zero-order valence-corrected chi connectivity index (χ0v) is 11.7. The van der Waals surface area contributed by atoms with Gasteiger partial charge in [-0.15, -0.1) is 11.3 Å². The predicted octanol–water partition coefficient (Wildman–Crippen LogP) is 1.40. The molecule has 4 nitrogen and oxygen atoms in total. The van der Waals surface area contributed by atoms with Crippen LogP contribution in [0, 0.1) is 6.92 Å².